The summed E-state index contributed by atoms with van der Waals surface area (Å²) in [7, 11) is -4.98. The van der Waals surface area contributed by atoms with Crippen molar-refractivity contribution >= 4 is 33.4 Å². The number of rotatable bonds is 4. The number of hydrogen-bond donors (Lipinski definition) is 0. The van der Waals surface area contributed by atoms with Gasteiger partial charge in [0, 0.05) is 5.38 Å². The second-order valence-electron chi connectivity index (χ2n) is 3.18. The van der Waals surface area contributed by atoms with Crippen LogP contribution in [0.15, 0.2) is 14.7 Å². The highest BCUT2D eigenvalue weighted by atomic mass is 32.2. The molecule has 0 saturated carbocycles. The molecule has 0 atom stereocenters. The number of sulfonamides is 1. The van der Waals surface area contributed by atoms with E-state index < -0.39 is 37.5 Å². The lowest BCUT2D eigenvalue weighted by molar-refractivity contribution is -0.136. The van der Waals surface area contributed by atoms with Crippen LogP contribution in [0.5, 0.6) is 0 Å². The van der Waals surface area contributed by atoms with E-state index in [2.05, 4.69) is 9.13 Å². The molecule has 6 nitrogen and oxygen atoms in total. The summed E-state index contributed by atoms with van der Waals surface area (Å²) in [4.78, 5) is 18.5. The Kier molecular flexibility index (Phi) is 4.69. The number of ether oxygens (including phenoxy) is 1. The van der Waals surface area contributed by atoms with Crippen molar-refractivity contribution in [3.63, 3.8) is 0 Å². The van der Waals surface area contributed by atoms with Crippen LogP contribution in [-0.4, -0.2) is 27.1 Å². The molecule has 20 heavy (non-hydrogen) atoms. The lowest BCUT2D eigenvalue weighted by Crippen LogP contribution is -2.14. The van der Waals surface area contributed by atoms with Crippen LogP contribution in [0, 0.1) is 0 Å². The normalized spacial score (nSPS) is 11.8. The van der Waals surface area contributed by atoms with Gasteiger partial charge in [0.2, 0.25) is 0 Å². The Balaban J connectivity index is 3.63. The molecule has 0 saturated heterocycles. The van der Waals surface area contributed by atoms with Crippen molar-refractivity contribution < 1.29 is 35.9 Å². The zero-order chi connectivity index (χ0) is 15.6. The smallest absolute Gasteiger partial charge is 0.426 e. The molecular weight excluding hydrogens is 323 g/mol. The second-order valence-corrected chi connectivity index (χ2v) is 5.60. The minimum Gasteiger partial charge on any atom is -0.462 e. The molecule has 0 spiro atoms. The van der Waals surface area contributed by atoms with Gasteiger partial charge in [0.15, 0.2) is 0 Å². The van der Waals surface area contributed by atoms with Crippen LogP contribution >= 0.6 is 11.3 Å². The molecule has 0 aromatic carbocycles. The van der Waals surface area contributed by atoms with Crippen LogP contribution in [0.25, 0.3) is 0 Å². The molecule has 0 aliphatic carbocycles. The fourth-order valence-corrected chi connectivity index (χ4v) is 3.54. The fraction of sp³-hybridized carbons (Fsp3) is 0.333. The van der Waals surface area contributed by atoms with Gasteiger partial charge in [0.05, 0.1) is 12.2 Å². The monoisotopic (exact) mass is 329 g/mol. The van der Waals surface area contributed by atoms with Crippen molar-refractivity contribution in [2.45, 2.75) is 18.0 Å². The van der Waals surface area contributed by atoms with Gasteiger partial charge in [-0.1, -0.05) is 4.40 Å². The molecule has 1 rings (SSSR count). The quantitative estimate of drug-likeness (QED) is 0.478. The van der Waals surface area contributed by atoms with E-state index in [9.17, 15) is 31.2 Å². The number of esters is 1. The third-order valence-electron chi connectivity index (χ3n) is 1.91. The number of alkyl halides is 3. The van der Waals surface area contributed by atoms with Crippen LogP contribution in [0.1, 0.15) is 22.2 Å². The third kappa shape index (κ3) is 3.24. The Morgan fingerprint density at radius 1 is 1.50 bits per heavy atom. The Bertz CT molecular complexity index is 670. The van der Waals surface area contributed by atoms with E-state index in [-0.39, 0.29) is 17.9 Å². The van der Waals surface area contributed by atoms with E-state index in [0.29, 0.717) is 11.5 Å². The first-order chi connectivity index (χ1) is 9.15. The van der Waals surface area contributed by atoms with Crippen molar-refractivity contribution in [1.29, 1.82) is 0 Å². The molecule has 1 aromatic heterocycles. The molecule has 0 bridgehead atoms. The lowest BCUT2D eigenvalue weighted by Gasteiger charge is -2.07. The van der Waals surface area contributed by atoms with Crippen molar-refractivity contribution in [2.75, 3.05) is 6.61 Å². The van der Waals surface area contributed by atoms with Crippen molar-refractivity contribution in [3.8, 4) is 0 Å². The Hall–Kier alpha value is -1.71. The number of carbonyl (C=O) groups is 1. The average Bonchev–Trinajstić information content (AvgIpc) is 2.73. The number of nitrogens with zero attached hydrogens (tertiary/aromatic N) is 1. The number of thiophene rings is 1. The van der Waals surface area contributed by atoms with Gasteiger partial charge < -0.3 is 4.74 Å². The summed E-state index contributed by atoms with van der Waals surface area (Å²) >= 11 is -0.00479. The highest BCUT2D eigenvalue weighted by Crippen LogP contribution is 2.41. The van der Waals surface area contributed by atoms with E-state index in [0.717, 1.165) is 0 Å². The van der Waals surface area contributed by atoms with Gasteiger partial charge in [0.1, 0.15) is 9.77 Å². The average molecular weight is 329 g/mol. The van der Waals surface area contributed by atoms with Crippen LogP contribution in [0.2, 0.25) is 0 Å². The first kappa shape index (κ1) is 16.3. The second kappa shape index (κ2) is 5.73. The lowest BCUT2D eigenvalue weighted by atomic mass is 10.3. The summed E-state index contributed by atoms with van der Waals surface area (Å²) in [5, 5.41) is 0.689. The van der Waals surface area contributed by atoms with Gasteiger partial charge in [-0.15, -0.1) is 11.3 Å². The maximum absolute atomic E-state index is 12.7. The fourth-order valence-electron chi connectivity index (χ4n) is 1.24. The van der Waals surface area contributed by atoms with Gasteiger partial charge in [-0.05, 0) is 6.92 Å². The first-order valence-electron chi connectivity index (χ1n) is 4.85. The molecule has 0 N–H and O–H groups in total. The summed E-state index contributed by atoms with van der Waals surface area (Å²) in [6, 6.07) is 0. The summed E-state index contributed by atoms with van der Waals surface area (Å²) in [5.74, 6) is -1.25. The van der Waals surface area contributed by atoms with Crippen LogP contribution in [0.3, 0.4) is 0 Å². The molecule has 0 radical (unpaired) electrons. The Morgan fingerprint density at radius 3 is 2.55 bits per heavy atom. The van der Waals surface area contributed by atoms with Crippen molar-refractivity contribution in [1.82, 2.24) is 0 Å². The predicted molar refractivity (Wildman–Crippen MR) is 60.6 cm³/mol. The van der Waals surface area contributed by atoms with Crippen molar-refractivity contribution in [3.05, 3.63) is 15.8 Å². The first-order valence-corrected chi connectivity index (χ1v) is 7.17. The van der Waals surface area contributed by atoms with Crippen molar-refractivity contribution in [2.24, 2.45) is 4.40 Å². The predicted octanol–water partition coefficient (Wildman–Crippen LogP) is 1.97. The summed E-state index contributed by atoms with van der Waals surface area (Å²) in [6.07, 6.45) is -4.37. The standard InChI is InChI=1S/C9H6F3NO5S2/c1-2-18-8(15)5-3-19-7(9(10,11)12)6(5)20(16,17)13-4-14/h3H,2H2,1H3. The molecule has 0 aliphatic rings. The third-order valence-corrected chi connectivity index (χ3v) is 4.32. The van der Waals surface area contributed by atoms with Gasteiger partial charge in [-0.25, -0.2) is 9.59 Å². The van der Waals surface area contributed by atoms with Gasteiger partial charge >= 0.3 is 12.1 Å². The number of halogens is 3. The summed E-state index contributed by atoms with van der Waals surface area (Å²) in [5.41, 5.74) is -0.817. The number of isocyanates is 1. The largest absolute Gasteiger partial charge is 0.462 e. The zero-order valence-corrected chi connectivity index (χ0v) is 11.4. The van der Waals surface area contributed by atoms with E-state index in [1.54, 1.807) is 0 Å². The Morgan fingerprint density at radius 2 is 2.10 bits per heavy atom. The minimum atomic E-state index is -5.02. The van der Waals surface area contributed by atoms with Gasteiger partial charge in [-0.2, -0.15) is 21.6 Å². The molecular formula is C9H6F3NO5S2. The van der Waals surface area contributed by atoms with Crippen LogP contribution < -0.4 is 0 Å². The molecule has 0 aliphatic heterocycles. The number of hydrogen-bond acceptors (Lipinski definition) is 6. The van der Waals surface area contributed by atoms with Crippen LogP contribution in [-0.2, 0) is 25.7 Å². The maximum atomic E-state index is 12.7. The SMILES string of the molecule is CCOC(=O)c1csc(C(F)(F)F)c1S(=O)(=O)N=C=O. The molecule has 1 aromatic rings. The van der Waals surface area contributed by atoms with E-state index >= 15 is 0 Å². The number of carbonyl (C=O) groups excluding carboxylic acids is 2. The Labute approximate surface area is 114 Å². The topological polar surface area (TPSA) is 89.9 Å². The molecule has 1 heterocycles. The molecule has 0 unspecified atom stereocenters. The van der Waals surface area contributed by atoms with E-state index in [4.69, 9.17) is 0 Å². The summed E-state index contributed by atoms with van der Waals surface area (Å²) in [6.45, 7) is 1.24. The highest BCUT2D eigenvalue weighted by molar-refractivity contribution is 7.90. The van der Waals surface area contributed by atoms with E-state index in [1.807, 2.05) is 0 Å². The molecule has 110 valence electrons. The maximum Gasteiger partial charge on any atom is 0.426 e. The summed E-state index contributed by atoms with van der Waals surface area (Å²) < 4.78 is 68.1. The molecule has 0 amide bonds. The van der Waals surface area contributed by atoms with Crippen LogP contribution in [0.4, 0.5) is 13.2 Å². The molecule has 11 heteroatoms. The van der Waals surface area contributed by atoms with Gasteiger partial charge in [0.25, 0.3) is 16.1 Å². The van der Waals surface area contributed by atoms with E-state index in [1.165, 1.54) is 6.92 Å². The molecule has 0 fully saturated rings. The zero-order valence-electron chi connectivity index (χ0n) is 9.72. The minimum absolute atomic E-state index is 0.00479. The van der Waals surface area contributed by atoms with Gasteiger partial charge in [-0.3, -0.25) is 0 Å². The highest BCUT2D eigenvalue weighted by Gasteiger charge is 2.42.